The Hall–Kier alpha value is -0.870. The van der Waals surface area contributed by atoms with E-state index in [0.717, 1.165) is 23.1 Å². The third-order valence-corrected chi connectivity index (χ3v) is 3.32. The molecule has 0 aromatic heterocycles. The molecule has 0 radical (unpaired) electrons. The predicted molar refractivity (Wildman–Crippen MR) is 65.6 cm³/mol. The van der Waals surface area contributed by atoms with Gasteiger partial charge < -0.3 is 10.1 Å². The first-order chi connectivity index (χ1) is 7.66. The third kappa shape index (κ3) is 2.62. The molecule has 4 heteroatoms. The Kier molecular flexibility index (Phi) is 3.61. The van der Waals surface area contributed by atoms with Crippen LogP contribution in [0.15, 0.2) is 22.7 Å². The van der Waals surface area contributed by atoms with Gasteiger partial charge in [-0.3, -0.25) is 4.79 Å². The van der Waals surface area contributed by atoms with E-state index in [4.69, 9.17) is 4.74 Å². The van der Waals surface area contributed by atoms with Gasteiger partial charge in [-0.25, -0.2) is 0 Å². The maximum atomic E-state index is 12.0. The van der Waals surface area contributed by atoms with Gasteiger partial charge in [-0.15, -0.1) is 0 Å². The molecule has 1 saturated heterocycles. The van der Waals surface area contributed by atoms with Crippen molar-refractivity contribution in [3.63, 3.8) is 0 Å². The average molecular weight is 284 g/mol. The number of carbonyl (C=O) groups is 1. The highest BCUT2D eigenvalue weighted by atomic mass is 79.9. The van der Waals surface area contributed by atoms with Crippen LogP contribution in [0.2, 0.25) is 0 Å². The zero-order chi connectivity index (χ0) is 11.5. The first-order valence-electron chi connectivity index (χ1n) is 5.31. The van der Waals surface area contributed by atoms with Crippen molar-refractivity contribution in [2.24, 2.45) is 0 Å². The predicted octanol–water partition coefficient (Wildman–Crippen LogP) is 2.28. The molecule has 1 aromatic carbocycles. The molecule has 1 aliphatic heterocycles. The van der Waals surface area contributed by atoms with Gasteiger partial charge in [0.15, 0.2) is 0 Å². The molecule has 1 amide bonds. The maximum absolute atomic E-state index is 12.0. The number of halogens is 1. The van der Waals surface area contributed by atoms with Crippen LogP contribution in [0.4, 0.5) is 0 Å². The van der Waals surface area contributed by atoms with Crippen molar-refractivity contribution in [1.29, 1.82) is 0 Å². The largest absolute Gasteiger partial charge is 0.379 e. The Morgan fingerprint density at radius 1 is 1.56 bits per heavy atom. The van der Waals surface area contributed by atoms with Crippen LogP contribution in [0.25, 0.3) is 0 Å². The fourth-order valence-electron chi connectivity index (χ4n) is 1.72. The van der Waals surface area contributed by atoms with E-state index in [1.54, 1.807) is 0 Å². The van der Waals surface area contributed by atoms with Crippen LogP contribution in [-0.4, -0.2) is 25.2 Å². The van der Waals surface area contributed by atoms with Crippen molar-refractivity contribution in [1.82, 2.24) is 5.32 Å². The van der Waals surface area contributed by atoms with Gasteiger partial charge in [-0.1, -0.05) is 11.6 Å². The Labute approximate surface area is 103 Å². The molecule has 1 unspecified atom stereocenters. The van der Waals surface area contributed by atoms with Crippen molar-refractivity contribution in [3.05, 3.63) is 33.8 Å². The molecular weight excluding hydrogens is 270 g/mol. The molecule has 1 aliphatic rings. The summed E-state index contributed by atoms with van der Waals surface area (Å²) in [6.07, 6.45) is 0.898. The first kappa shape index (κ1) is 11.6. The number of aryl methyl sites for hydroxylation is 1. The molecule has 0 aliphatic carbocycles. The molecular formula is C12H14BrNO2. The monoisotopic (exact) mass is 283 g/mol. The molecule has 86 valence electrons. The quantitative estimate of drug-likeness (QED) is 0.904. The highest BCUT2D eigenvalue weighted by molar-refractivity contribution is 9.10. The molecule has 1 atom stereocenters. The van der Waals surface area contributed by atoms with E-state index in [1.165, 1.54) is 0 Å². The summed E-state index contributed by atoms with van der Waals surface area (Å²) in [5.74, 6) is -0.0360. The summed E-state index contributed by atoms with van der Waals surface area (Å²) in [5, 5.41) is 2.97. The lowest BCUT2D eigenvalue weighted by Crippen LogP contribution is -2.35. The molecule has 0 bridgehead atoms. The summed E-state index contributed by atoms with van der Waals surface area (Å²) in [6, 6.07) is 5.91. The second kappa shape index (κ2) is 4.97. The summed E-state index contributed by atoms with van der Waals surface area (Å²) in [4.78, 5) is 12.0. The molecule has 2 rings (SSSR count). The van der Waals surface area contributed by atoms with Gasteiger partial charge in [-0.05, 0) is 41.4 Å². The Bertz CT molecular complexity index is 400. The molecule has 1 N–H and O–H groups in total. The van der Waals surface area contributed by atoms with E-state index in [9.17, 15) is 4.79 Å². The minimum atomic E-state index is -0.0360. The van der Waals surface area contributed by atoms with E-state index in [-0.39, 0.29) is 11.9 Å². The molecule has 1 aromatic rings. The molecule has 0 saturated carbocycles. The lowest BCUT2D eigenvalue weighted by molar-refractivity contribution is 0.0929. The van der Waals surface area contributed by atoms with E-state index in [1.807, 2.05) is 25.1 Å². The van der Waals surface area contributed by atoms with Gasteiger partial charge in [0, 0.05) is 11.1 Å². The second-order valence-electron chi connectivity index (χ2n) is 4.02. The van der Waals surface area contributed by atoms with Crippen LogP contribution in [0, 0.1) is 6.92 Å². The third-order valence-electron chi connectivity index (χ3n) is 2.63. The summed E-state index contributed by atoms with van der Waals surface area (Å²) < 4.78 is 6.05. The van der Waals surface area contributed by atoms with E-state index in [0.29, 0.717) is 12.2 Å². The number of rotatable bonds is 2. The minimum Gasteiger partial charge on any atom is -0.379 e. The summed E-state index contributed by atoms with van der Waals surface area (Å²) in [7, 11) is 0. The van der Waals surface area contributed by atoms with E-state index in [2.05, 4.69) is 21.2 Å². The van der Waals surface area contributed by atoms with Crippen LogP contribution >= 0.6 is 15.9 Å². The van der Waals surface area contributed by atoms with Crippen molar-refractivity contribution < 1.29 is 9.53 Å². The topological polar surface area (TPSA) is 38.3 Å². The summed E-state index contributed by atoms with van der Waals surface area (Å²) >= 11 is 3.39. The zero-order valence-corrected chi connectivity index (χ0v) is 10.7. The number of benzene rings is 1. The fourth-order valence-corrected chi connectivity index (χ4v) is 2.15. The SMILES string of the molecule is Cc1ccc(Br)c(C(=O)NC2CCOC2)c1. The van der Waals surface area contributed by atoms with Gasteiger partial charge in [0.05, 0.1) is 18.2 Å². The Balaban J connectivity index is 2.10. The fraction of sp³-hybridized carbons (Fsp3) is 0.417. The number of nitrogens with one attached hydrogen (secondary N) is 1. The summed E-state index contributed by atoms with van der Waals surface area (Å²) in [5.41, 5.74) is 1.77. The van der Waals surface area contributed by atoms with Gasteiger partial charge in [0.1, 0.15) is 0 Å². The Morgan fingerprint density at radius 3 is 3.06 bits per heavy atom. The number of amides is 1. The normalized spacial score (nSPS) is 19.8. The Morgan fingerprint density at radius 2 is 2.38 bits per heavy atom. The number of hydrogen-bond donors (Lipinski definition) is 1. The molecule has 0 spiro atoms. The van der Waals surface area contributed by atoms with Crippen molar-refractivity contribution in [2.75, 3.05) is 13.2 Å². The lowest BCUT2D eigenvalue weighted by Gasteiger charge is -2.12. The smallest absolute Gasteiger partial charge is 0.252 e. The zero-order valence-electron chi connectivity index (χ0n) is 9.13. The van der Waals surface area contributed by atoms with E-state index < -0.39 is 0 Å². The first-order valence-corrected chi connectivity index (χ1v) is 6.11. The van der Waals surface area contributed by atoms with Gasteiger partial charge in [0.25, 0.3) is 5.91 Å². The van der Waals surface area contributed by atoms with Gasteiger partial charge in [-0.2, -0.15) is 0 Å². The number of hydrogen-bond acceptors (Lipinski definition) is 2. The lowest BCUT2D eigenvalue weighted by atomic mass is 10.1. The van der Waals surface area contributed by atoms with Crippen molar-refractivity contribution >= 4 is 21.8 Å². The highest BCUT2D eigenvalue weighted by Gasteiger charge is 2.19. The van der Waals surface area contributed by atoms with Crippen LogP contribution < -0.4 is 5.32 Å². The summed E-state index contributed by atoms with van der Waals surface area (Å²) in [6.45, 7) is 3.33. The molecule has 3 nitrogen and oxygen atoms in total. The van der Waals surface area contributed by atoms with Crippen LogP contribution in [0.1, 0.15) is 22.3 Å². The second-order valence-corrected chi connectivity index (χ2v) is 4.87. The molecule has 1 heterocycles. The standard InChI is InChI=1S/C12H14BrNO2/c1-8-2-3-11(13)10(6-8)12(15)14-9-4-5-16-7-9/h2-3,6,9H,4-5,7H2,1H3,(H,14,15). The molecule has 1 fully saturated rings. The van der Waals surface area contributed by atoms with Crippen LogP contribution in [-0.2, 0) is 4.74 Å². The number of ether oxygens (including phenoxy) is 1. The van der Waals surface area contributed by atoms with Crippen molar-refractivity contribution in [3.8, 4) is 0 Å². The van der Waals surface area contributed by atoms with Crippen LogP contribution in [0.3, 0.4) is 0 Å². The minimum absolute atomic E-state index is 0.0360. The highest BCUT2D eigenvalue weighted by Crippen LogP contribution is 2.18. The maximum Gasteiger partial charge on any atom is 0.252 e. The van der Waals surface area contributed by atoms with Crippen LogP contribution in [0.5, 0.6) is 0 Å². The number of carbonyl (C=O) groups excluding carboxylic acids is 1. The van der Waals surface area contributed by atoms with Gasteiger partial charge in [0.2, 0.25) is 0 Å². The van der Waals surface area contributed by atoms with Gasteiger partial charge >= 0.3 is 0 Å². The van der Waals surface area contributed by atoms with E-state index >= 15 is 0 Å². The molecule has 16 heavy (non-hydrogen) atoms. The van der Waals surface area contributed by atoms with Crippen molar-refractivity contribution in [2.45, 2.75) is 19.4 Å². The average Bonchev–Trinajstić information content (AvgIpc) is 2.74.